The van der Waals surface area contributed by atoms with Gasteiger partial charge in [-0.25, -0.2) is 4.98 Å². The first-order valence-corrected chi connectivity index (χ1v) is 5.91. The Hall–Kier alpha value is -0.360. The summed E-state index contributed by atoms with van der Waals surface area (Å²) in [5.41, 5.74) is 3.14. The van der Waals surface area contributed by atoms with Gasteiger partial charge >= 0.3 is 0 Å². The quantitative estimate of drug-likeness (QED) is 0.648. The number of hydrogen-bond donors (Lipinski definition) is 1. The second-order valence-electron chi connectivity index (χ2n) is 3.54. The van der Waals surface area contributed by atoms with E-state index in [-0.39, 0.29) is 0 Å². The van der Waals surface area contributed by atoms with E-state index in [0.29, 0.717) is 11.1 Å². The molecule has 0 aromatic carbocycles. The van der Waals surface area contributed by atoms with E-state index >= 15 is 0 Å². The molecule has 2 heterocycles. The SMILES string of the molecule is Clc1cc(C2CC2)c2n[nH]c(I)c2n1. The van der Waals surface area contributed by atoms with Crippen LogP contribution in [0.15, 0.2) is 6.07 Å². The fourth-order valence-electron chi connectivity index (χ4n) is 1.66. The van der Waals surface area contributed by atoms with E-state index in [1.54, 1.807) is 0 Å². The van der Waals surface area contributed by atoms with Gasteiger partial charge in [0.15, 0.2) is 0 Å². The Bertz CT molecular complexity index is 504. The molecule has 1 saturated carbocycles. The molecule has 3 rings (SSSR count). The molecule has 2 aromatic heterocycles. The van der Waals surface area contributed by atoms with Gasteiger partial charge in [0, 0.05) is 0 Å². The van der Waals surface area contributed by atoms with Crippen LogP contribution in [0.2, 0.25) is 5.15 Å². The molecular formula is C9H7ClIN3. The lowest BCUT2D eigenvalue weighted by Gasteiger charge is -1.99. The van der Waals surface area contributed by atoms with Crippen LogP contribution in [0.1, 0.15) is 24.3 Å². The molecule has 1 N–H and O–H groups in total. The molecule has 0 aliphatic heterocycles. The first kappa shape index (κ1) is 8.91. The highest BCUT2D eigenvalue weighted by molar-refractivity contribution is 14.1. The first-order chi connectivity index (χ1) is 6.75. The van der Waals surface area contributed by atoms with Gasteiger partial charge in [-0.2, -0.15) is 5.10 Å². The Morgan fingerprint density at radius 1 is 1.43 bits per heavy atom. The molecule has 0 amide bonds. The summed E-state index contributed by atoms with van der Waals surface area (Å²) in [6.45, 7) is 0. The van der Waals surface area contributed by atoms with Crippen LogP contribution in [0.4, 0.5) is 0 Å². The maximum atomic E-state index is 5.97. The monoisotopic (exact) mass is 319 g/mol. The topological polar surface area (TPSA) is 41.6 Å². The largest absolute Gasteiger partial charge is 0.269 e. The van der Waals surface area contributed by atoms with Gasteiger partial charge in [-0.05, 0) is 53.0 Å². The molecule has 1 aliphatic carbocycles. The average Bonchev–Trinajstić information content (AvgIpc) is 2.93. The van der Waals surface area contributed by atoms with Crippen LogP contribution in [0, 0.1) is 3.70 Å². The van der Waals surface area contributed by atoms with Crippen molar-refractivity contribution in [2.24, 2.45) is 0 Å². The van der Waals surface area contributed by atoms with E-state index in [4.69, 9.17) is 11.6 Å². The summed E-state index contributed by atoms with van der Waals surface area (Å²) in [6, 6.07) is 1.94. The fourth-order valence-corrected chi connectivity index (χ4v) is 2.36. The molecule has 5 heteroatoms. The summed E-state index contributed by atoms with van der Waals surface area (Å²) in [4.78, 5) is 4.27. The lowest BCUT2D eigenvalue weighted by atomic mass is 10.1. The molecule has 0 saturated heterocycles. The normalized spacial score (nSPS) is 16.4. The van der Waals surface area contributed by atoms with Crippen molar-refractivity contribution < 1.29 is 0 Å². The minimum Gasteiger partial charge on any atom is -0.269 e. The Labute approximate surface area is 99.4 Å². The smallest absolute Gasteiger partial charge is 0.130 e. The molecule has 1 fully saturated rings. The molecule has 0 atom stereocenters. The van der Waals surface area contributed by atoms with E-state index in [0.717, 1.165) is 14.7 Å². The molecule has 0 bridgehead atoms. The van der Waals surface area contributed by atoms with E-state index in [1.807, 2.05) is 6.07 Å². The number of nitrogens with one attached hydrogen (secondary N) is 1. The second-order valence-corrected chi connectivity index (χ2v) is 5.01. The van der Waals surface area contributed by atoms with Crippen LogP contribution in [-0.4, -0.2) is 15.2 Å². The number of nitrogens with zero attached hydrogens (tertiary/aromatic N) is 2. The van der Waals surface area contributed by atoms with Crippen molar-refractivity contribution in [1.82, 2.24) is 15.2 Å². The Morgan fingerprint density at radius 3 is 2.93 bits per heavy atom. The lowest BCUT2D eigenvalue weighted by Crippen LogP contribution is -1.86. The van der Waals surface area contributed by atoms with Crippen molar-refractivity contribution in [2.75, 3.05) is 0 Å². The van der Waals surface area contributed by atoms with E-state index in [2.05, 4.69) is 37.8 Å². The van der Waals surface area contributed by atoms with Gasteiger partial charge in [0.25, 0.3) is 0 Å². The molecule has 0 unspecified atom stereocenters. The molecule has 72 valence electrons. The van der Waals surface area contributed by atoms with Crippen molar-refractivity contribution in [1.29, 1.82) is 0 Å². The zero-order valence-corrected chi connectivity index (χ0v) is 10.1. The van der Waals surface area contributed by atoms with Crippen molar-refractivity contribution in [3.05, 3.63) is 20.5 Å². The third-order valence-corrected chi connectivity index (χ3v) is 3.43. The van der Waals surface area contributed by atoms with Crippen LogP contribution >= 0.6 is 34.2 Å². The summed E-state index contributed by atoms with van der Waals surface area (Å²) >= 11 is 8.16. The summed E-state index contributed by atoms with van der Waals surface area (Å²) in [5, 5.41) is 7.78. The van der Waals surface area contributed by atoms with Crippen LogP contribution in [0.5, 0.6) is 0 Å². The molecule has 14 heavy (non-hydrogen) atoms. The van der Waals surface area contributed by atoms with E-state index in [9.17, 15) is 0 Å². The third-order valence-electron chi connectivity index (χ3n) is 2.48. The minimum atomic E-state index is 0.568. The number of aromatic nitrogens is 3. The minimum absolute atomic E-state index is 0.568. The maximum absolute atomic E-state index is 5.97. The second kappa shape index (κ2) is 3.06. The number of fused-ring (bicyclic) bond motifs is 1. The summed E-state index contributed by atoms with van der Waals surface area (Å²) in [7, 11) is 0. The number of rotatable bonds is 1. The Balaban J connectivity index is 2.35. The van der Waals surface area contributed by atoms with Crippen molar-refractivity contribution in [2.45, 2.75) is 18.8 Å². The highest BCUT2D eigenvalue weighted by Gasteiger charge is 2.27. The van der Waals surface area contributed by atoms with Gasteiger partial charge in [0.1, 0.15) is 19.9 Å². The van der Waals surface area contributed by atoms with Gasteiger partial charge in [-0.3, -0.25) is 5.10 Å². The molecule has 0 spiro atoms. The predicted octanol–water partition coefficient (Wildman–Crippen LogP) is 3.09. The molecular weight excluding hydrogens is 312 g/mol. The average molecular weight is 320 g/mol. The summed E-state index contributed by atoms with van der Waals surface area (Å²) in [5.74, 6) is 0.650. The van der Waals surface area contributed by atoms with Crippen LogP contribution in [0.3, 0.4) is 0 Å². The number of hydrogen-bond acceptors (Lipinski definition) is 2. The van der Waals surface area contributed by atoms with Crippen LogP contribution in [0.25, 0.3) is 11.0 Å². The number of H-pyrrole nitrogens is 1. The molecule has 2 aromatic rings. The van der Waals surface area contributed by atoms with Gasteiger partial charge < -0.3 is 0 Å². The van der Waals surface area contributed by atoms with Gasteiger partial charge in [-0.15, -0.1) is 0 Å². The summed E-state index contributed by atoms with van der Waals surface area (Å²) < 4.78 is 0.960. The standard InChI is InChI=1S/C9H7ClIN3/c10-6-3-5(4-1-2-4)7-8(12-6)9(11)14-13-7/h3-4H,1-2H2,(H,13,14). The molecule has 1 aliphatic rings. The van der Waals surface area contributed by atoms with Crippen LogP contribution in [-0.2, 0) is 0 Å². The number of halogens is 2. The van der Waals surface area contributed by atoms with E-state index in [1.165, 1.54) is 18.4 Å². The van der Waals surface area contributed by atoms with Crippen molar-refractivity contribution in [3.8, 4) is 0 Å². The van der Waals surface area contributed by atoms with Gasteiger partial charge in [0.2, 0.25) is 0 Å². The third kappa shape index (κ3) is 1.32. The molecule has 3 nitrogen and oxygen atoms in total. The van der Waals surface area contributed by atoms with Crippen molar-refractivity contribution in [3.63, 3.8) is 0 Å². The first-order valence-electron chi connectivity index (χ1n) is 4.45. The lowest BCUT2D eigenvalue weighted by molar-refractivity contribution is 1.07. The maximum Gasteiger partial charge on any atom is 0.130 e. The zero-order chi connectivity index (χ0) is 9.71. The Morgan fingerprint density at radius 2 is 2.21 bits per heavy atom. The number of pyridine rings is 1. The fraction of sp³-hybridized carbons (Fsp3) is 0.333. The Kier molecular flexibility index (Phi) is 1.95. The van der Waals surface area contributed by atoms with E-state index < -0.39 is 0 Å². The zero-order valence-electron chi connectivity index (χ0n) is 7.22. The highest BCUT2D eigenvalue weighted by Crippen LogP contribution is 2.43. The number of aromatic amines is 1. The summed E-state index contributed by atoms with van der Waals surface area (Å²) in [6.07, 6.45) is 2.50. The predicted molar refractivity (Wildman–Crippen MR) is 63.6 cm³/mol. The van der Waals surface area contributed by atoms with Crippen molar-refractivity contribution >= 4 is 45.2 Å². The van der Waals surface area contributed by atoms with Crippen LogP contribution < -0.4 is 0 Å². The van der Waals surface area contributed by atoms with Gasteiger partial charge in [0.05, 0.1) is 0 Å². The molecule has 0 radical (unpaired) electrons. The highest BCUT2D eigenvalue weighted by atomic mass is 127. The van der Waals surface area contributed by atoms with Gasteiger partial charge in [-0.1, -0.05) is 11.6 Å².